The predicted octanol–water partition coefficient (Wildman–Crippen LogP) is 0.685. The molecule has 1 N–H and O–H groups in total. The maximum absolute atomic E-state index is 11.2. The van der Waals surface area contributed by atoms with Gasteiger partial charge in [0.25, 0.3) is 0 Å². The third-order valence-corrected chi connectivity index (χ3v) is 3.00. The molecule has 0 spiro atoms. The second kappa shape index (κ2) is 5.05. The van der Waals surface area contributed by atoms with Gasteiger partial charge >= 0.3 is 5.97 Å². The molecule has 1 unspecified atom stereocenters. The molecule has 5 heteroatoms. The zero-order valence-corrected chi connectivity index (χ0v) is 9.02. The molecule has 4 nitrogen and oxygen atoms in total. The number of carbonyl (C=O) groups is 2. The van der Waals surface area contributed by atoms with Gasteiger partial charge in [0.15, 0.2) is 0 Å². The average Bonchev–Trinajstić information content (AvgIpc) is 2.17. The van der Waals surface area contributed by atoms with Gasteiger partial charge in [0, 0.05) is 12.2 Å². The summed E-state index contributed by atoms with van der Waals surface area (Å²) in [6.07, 6.45) is 2.18. The van der Waals surface area contributed by atoms with E-state index in [1.807, 2.05) is 13.0 Å². The summed E-state index contributed by atoms with van der Waals surface area (Å²) in [5, 5.41) is 2.61. The highest BCUT2D eigenvalue weighted by molar-refractivity contribution is 8.03. The van der Waals surface area contributed by atoms with Crippen molar-refractivity contribution >= 4 is 23.6 Å². The Morgan fingerprint density at radius 2 is 2.43 bits per heavy atom. The van der Waals surface area contributed by atoms with Crippen LogP contribution in [0.25, 0.3) is 0 Å². The lowest BCUT2D eigenvalue weighted by Gasteiger charge is -2.18. The number of ether oxygens (including phenoxy) is 1. The molecule has 0 aromatic rings. The van der Waals surface area contributed by atoms with Crippen molar-refractivity contribution in [3.05, 3.63) is 11.0 Å². The van der Waals surface area contributed by atoms with Crippen LogP contribution in [0.4, 0.5) is 0 Å². The number of thioether (sulfide) groups is 1. The van der Waals surface area contributed by atoms with Crippen LogP contribution in [0.3, 0.4) is 0 Å². The number of methoxy groups -OCH3 is 1. The molecule has 0 bridgehead atoms. The van der Waals surface area contributed by atoms with Crippen molar-refractivity contribution in [3.63, 3.8) is 0 Å². The monoisotopic (exact) mass is 215 g/mol. The average molecular weight is 215 g/mol. The number of nitrogens with one attached hydrogen (secondary N) is 1. The van der Waals surface area contributed by atoms with Gasteiger partial charge in [-0.15, -0.1) is 11.8 Å². The maximum Gasteiger partial charge on any atom is 0.329 e. The first kappa shape index (κ1) is 11.1. The highest BCUT2D eigenvalue weighted by Crippen LogP contribution is 2.18. The molecular weight excluding hydrogens is 202 g/mol. The van der Waals surface area contributed by atoms with Gasteiger partial charge in [0.1, 0.15) is 6.04 Å². The van der Waals surface area contributed by atoms with Gasteiger partial charge in [-0.05, 0) is 11.8 Å². The van der Waals surface area contributed by atoms with Gasteiger partial charge in [-0.3, -0.25) is 4.79 Å². The Morgan fingerprint density at radius 1 is 1.71 bits per heavy atom. The third kappa shape index (κ3) is 3.06. The fraction of sp³-hybridized carbons (Fsp3) is 0.556. The van der Waals surface area contributed by atoms with Gasteiger partial charge < -0.3 is 10.1 Å². The number of allylic oxidation sites excluding steroid dienone is 1. The van der Waals surface area contributed by atoms with Crippen LogP contribution in [-0.2, 0) is 14.3 Å². The number of hydrogen-bond donors (Lipinski definition) is 1. The van der Waals surface area contributed by atoms with E-state index in [9.17, 15) is 9.59 Å². The summed E-state index contributed by atoms with van der Waals surface area (Å²) >= 11 is 1.55. The normalized spacial score (nSPS) is 26.6. The Morgan fingerprint density at radius 3 is 3.07 bits per heavy atom. The lowest BCUT2D eigenvalue weighted by atomic mass is 10.3. The van der Waals surface area contributed by atoms with Crippen molar-refractivity contribution in [2.24, 2.45) is 0 Å². The number of hydrogen-bond acceptors (Lipinski definition) is 4. The Kier molecular flexibility index (Phi) is 4.00. The quantitative estimate of drug-likeness (QED) is 0.654. The molecule has 0 aromatic heterocycles. The third-order valence-electron chi connectivity index (χ3n) is 1.87. The van der Waals surface area contributed by atoms with Crippen molar-refractivity contribution in [1.29, 1.82) is 0 Å². The summed E-state index contributed by atoms with van der Waals surface area (Å²) in [7, 11) is 1.32. The molecule has 0 saturated heterocycles. The molecule has 1 rings (SSSR count). The van der Waals surface area contributed by atoms with E-state index in [2.05, 4.69) is 10.1 Å². The van der Waals surface area contributed by atoms with Crippen LogP contribution in [0, 0.1) is 0 Å². The van der Waals surface area contributed by atoms with Crippen LogP contribution in [0.15, 0.2) is 11.0 Å². The summed E-state index contributed by atoms with van der Waals surface area (Å²) in [5.74, 6) is 0.00130. The standard InChI is InChI=1S/C9H13NO3S/c1-6-3-4-8(11)10-7(5-14-6)9(12)13-2/h3,7H,4-5H2,1-2H3,(H,10,11)/b6-3-. The van der Waals surface area contributed by atoms with Crippen LogP contribution < -0.4 is 5.32 Å². The summed E-state index contributed by atoms with van der Waals surface area (Å²) in [4.78, 5) is 23.5. The van der Waals surface area contributed by atoms with E-state index >= 15 is 0 Å². The molecule has 1 heterocycles. The summed E-state index contributed by atoms with van der Waals surface area (Å²) in [6.45, 7) is 1.93. The number of esters is 1. The Hall–Kier alpha value is -0.970. The Bertz CT molecular complexity index is 275. The van der Waals surface area contributed by atoms with Crippen LogP contribution in [0.1, 0.15) is 13.3 Å². The van der Waals surface area contributed by atoms with E-state index in [1.54, 1.807) is 11.8 Å². The van der Waals surface area contributed by atoms with Gasteiger partial charge in [0.2, 0.25) is 5.91 Å². The minimum atomic E-state index is -0.527. The molecule has 1 atom stereocenters. The molecule has 0 aromatic carbocycles. The molecule has 0 fully saturated rings. The van der Waals surface area contributed by atoms with E-state index in [1.165, 1.54) is 7.11 Å². The minimum Gasteiger partial charge on any atom is -0.467 e. The second-order valence-electron chi connectivity index (χ2n) is 2.97. The van der Waals surface area contributed by atoms with Crippen molar-refractivity contribution in [1.82, 2.24) is 5.32 Å². The van der Waals surface area contributed by atoms with E-state index in [0.29, 0.717) is 12.2 Å². The molecule has 1 aliphatic heterocycles. The summed E-state index contributed by atoms with van der Waals surface area (Å²) in [6, 6.07) is -0.527. The van der Waals surface area contributed by atoms with Crippen molar-refractivity contribution in [2.75, 3.05) is 12.9 Å². The zero-order chi connectivity index (χ0) is 10.6. The van der Waals surface area contributed by atoms with Crippen LogP contribution in [0.2, 0.25) is 0 Å². The largest absolute Gasteiger partial charge is 0.467 e. The van der Waals surface area contributed by atoms with E-state index in [-0.39, 0.29) is 11.9 Å². The Balaban J connectivity index is 2.67. The Labute approximate surface area is 87.1 Å². The fourth-order valence-corrected chi connectivity index (χ4v) is 1.92. The van der Waals surface area contributed by atoms with Gasteiger partial charge in [-0.1, -0.05) is 6.08 Å². The van der Waals surface area contributed by atoms with Crippen LogP contribution in [0.5, 0.6) is 0 Å². The van der Waals surface area contributed by atoms with Crippen LogP contribution >= 0.6 is 11.8 Å². The maximum atomic E-state index is 11.2. The first-order chi connectivity index (χ1) is 6.63. The van der Waals surface area contributed by atoms with E-state index in [4.69, 9.17) is 0 Å². The summed E-state index contributed by atoms with van der Waals surface area (Å²) < 4.78 is 4.58. The van der Waals surface area contributed by atoms with Crippen molar-refractivity contribution < 1.29 is 14.3 Å². The predicted molar refractivity (Wildman–Crippen MR) is 54.8 cm³/mol. The second-order valence-corrected chi connectivity index (χ2v) is 4.24. The van der Waals surface area contributed by atoms with Crippen molar-refractivity contribution in [3.8, 4) is 0 Å². The zero-order valence-electron chi connectivity index (χ0n) is 8.20. The lowest BCUT2D eigenvalue weighted by Crippen LogP contribution is -2.43. The number of carbonyl (C=O) groups excluding carboxylic acids is 2. The SMILES string of the molecule is COC(=O)C1CS/C(C)=C\CC(=O)N1. The number of amides is 1. The van der Waals surface area contributed by atoms with E-state index < -0.39 is 6.04 Å². The highest BCUT2D eigenvalue weighted by atomic mass is 32.2. The smallest absolute Gasteiger partial charge is 0.329 e. The lowest BCUT2D eigenvalue weighted by molar-refractivity contribution is -0.144. The van der Waals surface area contributed by atoms with Crippen molar-refractivity contribution in [2.45, 2.75) is 19.4 Å². The summed E-state index contributed by atoms with van der Waals surface area (Å²) in [5.41, 5.74) is 0. The van der Waals surface area contributed by atoms with Crippen LogP contribution in [-0.4, -0.2) is 30.8 Å². The van der Waals surface area contributed by atoms with E-state index in [0.717, 1.165) is 4.91 Å². The van der Waals surface area contributed by atoms with Gasteiger partial charge in [0.05, 0.1) is 7.11 Å². The molecule has 0 radical (unpaired) electrons. The topological polar surface area (TPSA) is 55.4 Å². The number of rotatable bonds is 1. The molecule has 0 aliphatic carbocycles. The van der Waals surface area contributed by atoms with Gasteiger partial charge in [-0.25, -0.2) is 4.79 Å². The van der Waals surface area contributed by atoms with Gasteiger partial charge in [-0.2, -0.15) is 0 Å². The highest BCUT2D eigenvalue weighted by Gasteiger charge is 2.22. The molecule has 1 aliphatic rings. The molecule has 0 saturated carbocycles. The molecular formula is C9H13NO3S. The molecule has 14 heavy (non-hydrogen) atoms. The molecule has 1 amide bonds. The molecule has 78 valence electrons. The first-order valence-corrected chi connectivity index (χ1v) is 5.29. The minimum absolute atomic E-state index is 0.139. The first-order valence-electron chi connectivity index (χ1n) is 4.30. The fourth-order valence-electron chi connectivity index (χ4n) is 1.07.